The molecule has 0 atom stereocenters. The molecule has 0 aromatic rings. The van der Waals surface area contributed by atoms with E-state index in [-0.39, 0.29) is 0 Å². The maximum Gasteiger partial charge on any atom is 0.0566 e. The van der Waals surface area contributed by atoms with Gasteiger partial charge in [-0.05, 0) is 5.87 Å². The average molecular weight is 127 g/mol. The van der Waals surface area contributed by atoms with E-state index in [0.717, 1.165) is 13.0 Å². The summed E-state index contributed by atoms with van der Waals surface area (Å²) in [6, 6.07) is 0. The molecular formula is C6H9NS. The van der Waals surface area contributed by atoms with Crippen LogP contribution < -0.4 is 0 Å². The quantitative estimate of drug-likeness (QED) is 0.356. The van der Waals surface area contributed by atoms with Crippen LogP contribution >= 0.6 is 12.2 Å². The molecule has 0 unspecified atom stereocenters. The third-order valence-corrected chi connectivity index (χ3v) is 0.748. The number of thiocarbonyl (C=S) groups is 1. The van der Waals surface area contributed by atoms with Gasteiger partial charge in [0.25, 0.3) is 0 Å². The highest BCUT2D eigenvalue weighted by Gasteiger charge is 1.76. The number of hydrogen-bond donors (Lipinski definition) is 0. The number of rotatable bonds is 0. The lowest BCUT2D eigenvalue weighted by molar-refractivity contribution is 1.19. The van der Waals surface area contributed by atoms with Crippen molar-refractivity contribution in [2.75, 3.05) is 6.54 Å². The van der Waals surface area contributed by atoms with Crippen LogP contribution in [0.3, 0.4) is 0 Å². The van der Waals surface area contributed by atoms with Crippen LogP contribution in [0.15, 0.2) is 17.1 Å². The van der Waals surface area contributed by atoms with Crippen molar-refractivity contribution in [3.8, 4) is 0 Å². The second-order valence-electron chi connectivity index (χ2n) is 1.25. The first kappa shape index (κ1) is 7.50. The minimum Gasteiger partial charge on any atom is -0.293 e. The Balaban J connectivity index is 0.000000222. The van der Waals surface area contributed by atoms with Gasteiger partial charge in [0.1, 0.15) is 0 Å². The normalized spacial score (nSPS) is 14.5. The van der Waals surface area contributed by atoms with E-state index in [1.165, 1.54) is 0 Å². The molecule has 1 heterocycles. The van der Waals surface area contributed by atoms with Crippen LogP contribution in [0.2, 0.25) is 0 Å². The summed E-state index contributed by atoms with van der Waals surface area (Å²) in [4.78, 5) is 3.97. The van der Waals surface area contributed by atoms with E-state index >= 15 is 0 Å². The zero-order valence-electron chi connectivity index (χ0n) is 4.71. The molecule has 0 aromatic heterocycles. The molecule has 1 nitrogen and oxygen atoms in total. The molecular weight excluding hydrogens is 118 g/mol. The molecule has 1 aliphatic rings. The van der Waals surface area contributed by atoms with Gasteiger partial charge in [-0.3, -0.25) is 4.99 Å². The van der Waals surface area contributed by atoms with Gasteiger partial charge in [-0.25, -0.2) is 0 Å². The van der Waals surface area contributed by atoms with E-state index in [1.54, 1.807) is 0 Å². The molecule has 0 aromatic carbocycles. The molecule has 8 heavy (non-hydrogen) atoms. The Kier molecular flexibility index (Phi) is 6.09. The van der Waals surface area contributed by atoms with Crippen LogP contribution in [0.4, 0.5) is 0 Å². The van der Waals surface area contributed by atoms with Crippen molar-refractivity contribution in [2.45, 2.75) is 6.42 Å². The van der Waals surface area contributed by atoms with E-state index in [4.69, 9.17) is 0 Å². The van der Waals surface area contributed by atoms with Crippen molar-refractivity contribution in [2.24, 2.45) is 4.99 Å². The largest absolute Gasteiger partial charge is 0.293 e. The molecule has 0 fully saturated rings. The maximum absolute atomic E-state index is 3.97. The molecule has 0 N–H and O–H groups in total. The van der Waals surface area contributed by atoms with Crippen molar-refractivity contribution in [1.82, 2.24) is 0 Å². The van der Waals surface area contributed by atoms with E-state index in [2.05, 4.69) is 35.2 Å². The Morgan fingerprint density at radius 1 is 1.38 bits per heavy atom. The third kappa shape index (κ3) is 3.68. The van der Waals surface area contributed by atoms with E-state index in [0.29, 0.717) is 0 Å². The van der Waals surface area contributed by atoms with Crippen LogP contribution in [-0.4, -0.2) is 18.6 Å². The minimum absolute atomic E-state index is 0.889. The Morgan fingerprint density at radius 2 is 2.12 bits per heavy atom. The van der Waals surface area contributed by atoms with Crippen LogP contribution in [-0.2, 0) is 0 Å². The summed E-state index contributed by atoms with van der Waals surface area (Å²) in [6.07, 6.45) is 7.15. The van der Waals surface area contributed by atoms with Crippen molar-refractivity contribution >= 4 is 24.3 Å². The fourth-order valence-electron chi connectivity index (χ4n) is 0.442. The molecule has 0 amide bonds. The Hall–Kier alpha value is -0.500. The molecule has 0 aliphatic carbocycles. The van der Waals surface area contributed by atoms with E-state index < -0.39 is 0 Å². The topological polar surface area (TPSA) is 12.4 Å². The third-order valence-electron chi connectivity index (χ3n) is 0.748. The summed E-state index contributed by atoms with van der Waals surface area (Å²) in [5, 5.41) is 0. The lowest BCUT2D eigenvalue weighted by atomic mass is 10.3. The molecule has 0 saturated carbocycles. The van der Waals surface area contributed by atoms with Gasteiger partial charge in [0.2, 0.25) is 0 Å². The monoisotopic (exact) mass is 127 g/mol. The summed E-state index contributed by atoms with van der Waals surface area (Å²) < 4.78 is 0. The highest BCUT2D eigenvalue weighted by molar-refractivity contribution is 7.77. The number of hydrogen-bond acceptors (Lipinski definition) is 2. The SMILES string of the molecule is C1=CCN=CC1.C=S. The first-order valence-corrected chi connectivity index (χ1v) is 3.00. The number of allylic oxidation sites excluding steroid dienone is 1. The average Bonchev–Trinajstić information content (AvgIpc) is 1.96. The zero-order chi connectivity index (χ0) is 6.24. The first-order chi connectivity index (χ1) is 4.00. The van der Waals surface area contributed by atoms with Gasteiger partial charge >= 0.3 is 0 Å². The van der Waals surface area contributed by atoms with Gasteiger partial charge in [-0.1, -0.05) is 24.4 Å². The molecule has 2 heteroatoms. The van der Waals surface area contributed by atoms with Gasteiger partial charge in [0, 0.05) is 12.6 Å². The smallest absolute Gasteiger partial charge is 0.0566 e. The van der Waals surface area contributed by atoms with Crippen LogP contribution in [0, 0.1) is 0 Å². The van der Waals surface area contributed by atoms with E-state index in [9.17, 15) is 0 Å². The lowest BCUT2D eigenvalue weighted by Gasteiger charge is -1.87. The first-order valence-electron chi connectivity index (χ1n) is 2.42. The van der Waals surface area contributed by atoms with E-state index in [1.807, 2.05) is 6.21 Å². The molecule has 0 saturated heterocycles. The fourth-order valence-corrected chi connectivity index (χ4v) is 0.442. The summed E-state index contributed by atoms with van der Waals surface area (Å²) >= 11 is 3.83. The van der Waals surface area contributed by atoms with Crippen molar-refractivity contribution in [3.05, 3.63) is 12.2 Å². The number of aliphatic imine (C=N–C) groups is 1. The predicted octanol–water partition coefficient (Wildman–Crippen LogP) is 1.63. The lowest BCUT2D eigenvalue weighted by Crippen LogP contribution is -1.80. The fraction of sp³-hybridized carbons (Fsp3) is 0.333. The number of nitrogens with zero attached hydrogens (tertiary/aromatic N) is 1. The van der Waals surface area contributed by atoms with Gasteiger partial charge in [-0.2, -0.15) is 0 Å². The summed E-state index contributed by atoms with van der Waals surface area (Å²) in [6.45, 7) is 0.889. The Morgan fingerprint density at radius 3 is 2.25 bits per heavy atom. The van der Waals surface area contributed by atoms with Gasteiger partial charge in [-0.15, -0.1) is 0 Å². The Labute approximate surface area is 55.1 Å². The molecule has 1 aliphatic heterocycles. The molecule has 44 valence electrons. The molecule has 0 bridgehead atoms. The van der Waals surface area contributed by atoms with Crippen LogP contribution in [0.5, 0.6) is 0 Å². The summed E-state index contributed by atoms with van der Waals surface area (Å²) in [5.74, 6) is 2.83. The van der Waals surface area contributed by atoms with Crippen molar-refractivity contribution in [1.29, 1.82) is 0 Å². The molecule has 0 spiro atoms. The minimum atomic E-state index is 0.889. The van der Waals surface area contributed by atoms with Gasteiger partial charge in [0.05, 0.1) is 6.54 Å². The maximum atomic E-state index is 3.97. The summed E-state index contributed by atoms with van der Waals surface area (Å²) in [7, 11) is 0. The van der Waals surface area contributed by atoms with Crippen LogP contribution in [0.25, 0.3) is 0 Å². The molecule has 0 radical (unpaired) electrons. The van der Waals surface area contributed by atoms with Crippen molar-refractivity contribution < 1.29 is 0 Å². The van der Waals surface area contributed by atoms with Gasteiger partial charge < -0.3 is 0 Å². The second kappa shape index (κ2) is 6.50. The number of dihydropyridines is 1. The zero-order valence-corrected chi connectivity index (χ0v) is 5.53. The molecule has 1 rings (SSSR count). The second-order valence-corrected chi connectivity index (χ2v) is 1.25. The summed E-state index contributed by atoms with van der Waals surface area (Å²) in [5.41, 5.74) is 0. The Bertz CT molecular complexity index is 76.7. The highest BCUT2D eigenvalue weighted by Crippen LogP contribution is 1.85. The van der Waals surface area contributed by atoms with Crippen LogP contribution in [0.1, 0.15) is 6.42 Å². The standard InChI is InChI=1S/C5H7N.CH2S/c1-2-4-6-5-3-1;1-2/h1-2,5H,3-4H2;1H2. The highest BCUT2D eigenvalue weighted by atomic mass is 32.1. The predicted molar refractivity (Wildman–Crippen MR) is 41.8 cm³/mol. The van der Waals surface area contributed by atoms with Gasteiger partial charge in [0.15, 0.2) is 0 Å². The van der Waals surface area contributed by atoms with Crippen molar-refractivity contribution in [3.63, 3.8) is 0 Å².